The summed E-state index contributed by atoms with van der Waals surface area (Å²) in [6, 6.07) is 18.1. The van der Waals surface area contributed by atoms with E-state index >= 15 is 0 Å². The molecule has 4 N–H and O–H groups in total. The molecule has 17 nitrogen and oxygen atoms in total. The predicted octanol–water partition coefficient (Wildman–Crippen LogP) is 7.62. The number of fused-ring (bicyclic) bond motifs is 1. The highest BCUT2D eigenvalue weighted by molar-refractivity contribution is 7.94. The maximum Gasteiger partial charge on any atom is 0.407 e. The molecule has 3 aliphatic rings. The third kappa shape index (κ3) is 9.82. The van der Waals surface area contributed by atoms with E-state index in [-0.39, 0.29) is 42.2 Å². The van der Waals surface area contributed by atoms with E-state index in [1.165, 1.54) is 21.3 Å². The molecular weight excluding hydrogens is 851 g/mol. The van der Waals surface area contributed by atoms with Crippen molar-refractivity contribution >= 4 is 46.8 Å². The molecule has 2 aromatic heterocycles. The highest BCUT2D eigenvalue weighted by Crippen LogP contribution is 2.58. The lowest BCUT2D eigenvalue weighted by atomic mass is 9.98. The average molecular weight is 904 g/mol. The third-order valence-electron chi connectivity index (χ3n) is 12.8. The molecule has 0 unspecified atom stereocenters. The quantitative estimate of drug-likeness (QED) is 0.0265. The van der Waals surface area contributed by atoms with Crippen LogP contribution < -0.4 is 10.6 Å². The molecule has 4 amide bonds. The highest BCUT2D eigenvalue weighted by atomic mass is 32.2. The molecule has 4 heterocycles. The Labute approximate surface area is 381 Å². The SMILES string of the molecule is [C-]#[N+][C@H]1C[C@@H](c2ncc(-c3ccc(-c4ccc5cc(-c6cnc([C@@H]7CC8(CC8)CN7C(=O)[C@@H](NC(=O)OC)C(C)C)[nH]6)ccc5c4)cc3)[nH]2)N(C(=O)[C@H](CCSOOC)NC(=O)OC)C1. The van der Waals surface area contributed by atoms with Crippen molar-refractivity contribution in [2.24, 2.45) is 11.3 Å². The fourth-order valence-electron chi connectivity index (χ4n) is 9.01. The molecule has 18 heteroatoms. The number of amides is 4. The van der Waals surface area contributed by atoms with E-state index in [1.54, 1.807) is 11.1 Å². The van der Waals surface area contributed by atoms with Gasteiger partial charge in [0.05, 0.1) is 70.2 Å². The molecule has 1 saturated carbocycles. The van der Waals surface area contributed by atoms with E-state index in [1.807, 2.05) is 37.1 Å². The van der Waals surface area contributed by atoms with Crippen LogP contribution in [0.15, 0.2) is 73.1 Å². The first-order valence-electron chi connectivity index (χ1n) is 21.7. The number of aromatic nitrogens is 4. The number of nitrogens with zero attached hydrogens (tertiary/aromatic N) is 5. The lowest BCUT2D eigenvalue weighted by Crippen LogP contribution is -2.51. The molecule has 65 heavy (non-hydrogen) atoms. The molecule has 5 aromatic rings. The zero-order valence-electron chi connectivity index (χ0n) is 37.0. The Morgan fingerprint density at radius 3 is 2.05 bits per heavy atom. The summed E-state index contributed by atoms with van der Waals surface area (Å²) < 4.78 is 14.5. The van der Waals surface area contributed by atoms with Gasteiger partial charge in [-0.05, 0) is 76.6 Å². The maximum absolute atomic E-state index is 13.9. The second-order valence-electron chi connectivity index (χ2n) is 17.3. The van der Waals surface area contributed by atoms with Crippen LogP contribution in [0.1, 0.15) is 69.7 Å². The number of hydrogen-bond acceptors (Lipinski definition) is 11. The van der Waals surface area contributed by atoms with Crippen molar-refractivity contribution in [2.45, 2.75) is 76.2 Å². The number of imidazole rings is 2. The van der Waals surface area contributed by atoms with Crippen molar-refractivity contribution in [1.82, 2.24) is 40.4 Å². The zero-order chi connectivity index (χ0) is 45.8. The Bertz CT molecular complexity index is 2590. The zero-order valence-corrected chi connectivity index (χ0v) is 37.8. The number of carbonyl (C=O) groups is 4. The van der Waals surface area contributed by atoms with Gasteiger partial charge in [0.1, 0.15) is 23.7 Å². The smallest absolute Gasteiger partial charge is 0.407 e. The summed E-state index contributed by atoms with van der Waals surface area (Å²) in [5.74, 6) is 1.09. The fourth-order valence-corrected chi connectivity index (χ4v) is 9.50. The predicted molar refractivity (Wildman–Crippen MR) is 243 cm³/mol. The van der Waals surface area contributed by atoms with Crippen molar-refractivity contribution in [2.75, 3.05) is 40.2 Å². The van der Waals surface area contributed by atoms with E-state index in [2.05, 4.69) is 83.8 Å². The van der Waals surface area contributed by atoms with Crippen LogP contribution >= 0.6 is 12.0 Å². The average Bonchev–Trinajstić information content (AvgIpc) is 3.82. The number of aromatic amines is 2. The van der Waals surface area contributed by atoms with Crippen LogP contribution in [-0.2, 0) is 28.3 Å². The molecular formula is C47H53N9O8S. The minimum absolute atomic E-state index is 0.105. The molecule has 0 bridgehead atoms. The van der Waals surface area contributed by atoms with Gasteiger partial charge in [0.15, 0.2) is 0 Å². The van der Waals surface area contributed by atoms with E-state index in [9.17, 15) is 19.2 Å². The lowest BCUT2D eigenvalue weighted by Gasteiger charge is -2.30. The number of alkyl carbamates (subject to hydrolysis) is 2. The van der Waals surface area contributed by atoms with Gasteiger partial charge in [-0.25, -0.2) is 31.0 Å². The van der Waals surface area contributed by atoms with Crippen molar-refractivity contribution in [3.05, 3.63) is 96.1 Å². The second-order valence-corrected chi connectivity index (χ2v) is 18.1. The second kappa shape index (κ2) is 19.4. The van der Waals surface area contributed by atoms with Crippen LogP contribution in [0.4, 0.5) is 9.59 Å². The normalized spacial score (nSPS) is 19.6. The summed E-state index contributed by atoms with van der Waals surface area (Å²) >= 11 is 1.01. The number of ether oxygens (including phenoxy) is 2. The topological polar surface area (TPSA) is 197 Å². The molecule has 3 fully saturated rings. The Kier molecular flexibility index (Phi) is 13.4. The number of hydrogen-bond donors (Lipinski definition) is 4. The molecule has 1 aliphatic carbocycles. The number of carbonyl (C=O) groups excluding carboxylic acids is 4. The largest absolute Gasteiger partial charge is 0.453 e. The Morgan fingerprint density at radius 2 is 1.42 bits per heavy atom. The minimum Gasteiger partial charge on any atom is -0.453 e. The number of methoxy groups -OCH3 is 2. The summed E-state index contributed by atoms with van der Waals surface area (Å²) in [4.78, 5) is 80.3. The van der Waals surface area contributed by atoms with Crippen LogP contribution in [0, 0.1) is 17.9 Å². The van der Waals surface area contributed by atoms with Crippen molar-refractivity contribution in [3.63, 3.8) is 0 Å². The van der Waals surface area contributed by atoms with Gasteiger partial charge in [-0.2, -0.15) is 4.33 Å². The first-order chi connectivity index (χ1) is 31.4. The van der Waals surface area contributed by atoms with Gasteiger partial charge in [0.25, 0.3) is 0 Å². The molecule has 5 atom stereocenters. The van der Waals surface area contributed by atoms with E-state index in [4.69, 9.17) is 25.4 Å². The number of rotatable bonds is 15. The van der Waals surface area contributed by atoms with E-state index < -0.39 is 36.4 Å². The van der Waals surface area contributed by atoms with E-state index in [0.29, 0.717) is 24.5 Å². The van der Waals surface area contributed by atoms with Crippen LogP contribution in [-0.4, -0.2) is 112 Å². The standard InChI is InChI=1S/C47H53N9O8S/c1-27(2)40(54-46(60)62-5)44(58)56-26-47(16-17-47)22-39(56)42-50-24-37(52-42)33-14-13-31-19-30(11-12-32(31)20-33)28-7-9-29(10-8-28)36-23-49-41(51-36)38-21-34(48-3)25-55(38)43(57)35(53-45(59)61-4)15-18-65-64-63-6/h7-14,19-20,23-24,27,34-35,38-40H,15-18,21-22,25-26H2,1-2,4-6H3,(H,49,51)(H,50,52)(H,53,59)(H,54,60)/t34-,35-,38-,39-,40-/m0/s1. The number of nitrogens with one attached hydrogen (secondary N) is 4. The highest BCUT2D eigenvalue weighted by Gasteiger charge is 2.55. The first kappa shape index (κ1) is 45.2. The lowest BCUT2D eigenvalue weighted by molar-refractivity contribution is -0.160. The van der Waals surface area contributed by atoms with Crippen LogP contribution in [0.5, 0.6) is 0 Å². The van der Waals surface area contributed by atoms with Gasteiger partial charge >= 0.3 is 12.2 Å². The summed E-state index contributed by atoms with van der Waals surface area (Å²) in [6.45, 7) is 12.4. The summed E-state index contributed by atoms with van der Waals surface area (Å²) in [5, 5.41) is 7.52. The molecule has 1 spiro atoms. The number of H-pyrrole nitrogens is 2. The molecule has 0 radical (unpaired) electrons. The fraction of sp³-hybridized carbons (Fsp3) is 0.426. The number of benzene rings is 3. The van der Waals surface area contributed by atoms with Crippen molar-refractivity contribution < 1.29 is 37.9 Å². The van der Waals surface area contributed by atoms with Gasteiger partial charge < -0.3 is 44.7 Å². The molecule has 8 rings (SSSR count). The minimum atomic E-state index is -0.905. The molecule has 3 aromatic carbocycles. The third-order valence-corrected chi connectivity index (χ3v) is 13.4. The van der Waals surface area contributed by atoms with Gasteiger partial charge in [0, 0.05) is 29.9 Å². The Hall–Kier alpha value is -6.42. The monoisotopic (exact) mass is 903 g/mol. The van der Waals surface area contributed by atoms with Crippen molar-refractivity contribution in [3.8, 4) is 33.6 Å². The molecule has 340 valence electrons. The maximum atomic E-state index is 13.9. The number of likely N-dealkylation sites (tertiary alicyclic amines) is 2. The Balaban J connectivity index is 0.950. The van der Waals surface area contributed by atoms with Gasteiger partial charge in [-0.3, -0.25) is 9.59 Å². The van der Waals surface area contributed by atoms with Crippen LogP contribution in [0.2, 0.25) is 0 Å². The Morgan fingerprint density at radius 1 is 0.815 bits per heavy atom. The first-order valence-corrected chi connectivity index (χ1v) is 22.6. The molecule has 2 aliphatic heterocycles. The van der Waals surface area contributed by atoms with Gasteiger partial charge in [-0.1, -0.05) is 62.4 Å². The summed E-state index contributed by atoms with van der Waals surface area (Å²) in [7, 11) is 3.91. The van der Waals surface area contributed by atoms with E-state index in [0.717, 1.165) is 81.5 Å². The van der Waals surface area contributed by atoms with Gasteiger partial charge in [0.2, 0.25) is 17.9 Å². The van der Waals surface area contributed by atoms with Gasteiger partial charge in [-0.15, -0.1) is 0 Å². The molecule has 2 saturated heterocycles. The van der Waals surface area contributed by atoms with Crippen LogP contribution in [0.3, 0.4) is 0 Å². The van der Waals surface area contributed by atoms with Crippen molar-refractivity contribution in [1.29, 1.82) is 0 Å². The summed E-state index contributed by atoms with van der Waals surface area (Å²) in [5.41, 5.74) is 5.72. The summed E-state index contributed by atoms with van der Waals surface area (Å²) in [6.07, 6.45) is 5.84. The van der Waals surface area contributed by atoms with Crippen LogP contribution in [0.25, 0.3) is 49.3 Å².